The largest absolute Gasteiger partial charge is 0.356 e. The maximum Gasteiger partial charge on any atom is 0.223 e. The summed E-state index contributed by atoms with van der Waals surface area (Å²) in [6, 6.07) is 7.35. The lowest BCUT2D eigenvalue weighted by Gasteiger charge is -2.30. The second-order valence-electron chi connectivity index (χ2n) is 7.01. The summed E-state index contributed by atoms with van der Waals surface area (Å²) in [5.74, 6) is -0.0483. The van der Waals surface area contributed by atoms with Crippen LogP contribution in [0.4, 0.5) is 0 Å². The highest BCUT2D eigenvalue weighted by Crippen LogP contribution is 2.22. The number of hydrogen-bond acceptors (Lipinski definition) is 4. The molecule has 1 aromatic rings. The third-order valence-corrected chi connectivity index (χ3v) is 6.88. The van der Waals surface area contributed by atoms with E-state index in [2.05, 4.69) is 26.1 Å². The fourth-order valence-electron chi connectivity index (χ4n) is 3.08. The minimum absolute atomic E-state index is 0.00611. The van der Waals surface area contributed by atoms with Gasteiger partial charge in [-0.3, -0.25) is 4.79 Å². The Balaban J connectivity index is 1.80. The molecular formula is C18H28BrN3O3S. The van der Waals surface area contributed by atoms with Crippen molar-refractivity contribution in [3.05, 3.63) is 34.3 Å². The third kappa shape index (κ3) is 6.64. The molecule has 0 aromatic heterocycles. The zero-order valence-corrected chi connectivity index (χ0v) is 17.9. The summed E-state index contributed by atoms with van der Waals surface area (Å²) < 4.78 is 27.6. The van der Waals surface area contributed by atoms with Crippen molar-refractivity contribution in [1.82, 2.24) is 14.5 Å². The Morgan fingerprint density at radius 2 is 2.00 bits per heavy atom. The van der Waals surface area contributed by atoms with Gasteiger partial charge in [0.1, 0.15) is 0 Å². The van der Waals surface area contributed by atoms with E-state index in [0.29, 0.717) is 32.5 Å². The van der Waals surface area contributed by atoms with Crippen molar-refractivity contribution in [1.29, 1.82) is 0 Å². The summed E-state index contributed by atoms with van der Waals surface area (Å²) in [5.41, 5.74) is 0.764. The average Bonchev–Trinajstić information content (AvgIpc) is 2.58. The predicted molar refractivity (Wildman–Crippen MR) is 107 cm³/mol. The van der Waals surface area contributed by atoms with E-state index in [9.17, 15) is 13.2 Å². The molecule has 146 valence electrons. The van der Waals surface area contributed by atoms with Crippen LogP contribution in [0.25, 0.3) is 0 Å². The molecule has 1 amide bonds. The number of piperidine rings is 1. The molecule has 1 N–H and O–H groups in total. The van der Waals surface area contributed by atoms with Gasteiger partial charge in [0.25, 0.3) is 0 Å². The number of nitrogens with zero attached hydrogens (tertiary/aromatic N) is 2. The van der Waals surface area contributed by atoms with E-state index in [1.807, 2.05) is 38.4 Å². The molecule has 0 atom stereocenters. The Bertz CT molecular complexity index is 701. The molecule has 1 fully saturated rings. The Kier molecular flexibility index (Phi) is 8.06. The first-order valence-electron chi connectivity index (χ1n) is 8.92. The summed E-state index contributed by atoms with van der Waals surface area (Å²) in [5, 5.41) is 2.97. The molecule has 6 nitrogen and oxygen atoms in total. The highest BCUT2D eigenvalue weighted by atomic mass is 79.9. The van der Waals surface area contributed by atoms with Crippen LogP contribution in [0.15, 0.2) is 28.7 Å². The Labute approximate surface area is 165 Å². The first-order valence-corrected chi connectivity index (χ1v) is 11.3. The topological polar surface area (TPSA) is 69.7 Å². The molecule has 0 bridgehead atoms. The van der Waals surface area contributed by atoms with Crippen molar-refractivity contribution in [2.75, 3.05) is 40.3 Å². The molecule has 0 saturated carbocycles. The number of rotatable bonds is 8. The maximum absolute atomic E-state index is 12.6. The number of sulfonamides is 1. The van der Waals surface area contributed by atoms with Crippen LogP contribution in [0, 0.1) is 5.92 Å². The molecular weight excluding hydrogens is 418 g/mol. The molecule has 1 aliphatic heterocycles. The van der Waals surface area contributed by atoms with Gasteiger partial charge in [-0.1, -0.05) is 28.1 Å². The zero-order valence-electron chi connectivity index (χ0n) is 15.4. The van der Waals surface area contributed by atoms with Crippen LogP contribution in [0.1, 0.15) is 24.8 Å². The smallest absolute Gasteiger partial charge is 0.223 e. The van der Waals surface area contributed by atoms with Crippen molar-refractivity contribution in [3.63, 3.8) is 0 Å². The molecule has 1 heterocycles. The molecule has 1 aliphatic rings. The molecule has 2 rings (SSSR count). The van der Waals surface area contributed by atoms with Crippen molar-refractivity contribution in [2.24, 2.45) is 5.92 Å². The molecule has 0 aliphatic carbocycles. The van der Waals surface area contributed by atoms with Gasteiger partial charge in [0, 0.05) is 30.0 Å². The van der Waals surface area contributed by atoms with Crippen LogP contribution >= 0.6 is 15.9 Å². The highest BCUT2D eigenvalue weighted by molar-refractivity contribution is 9.10. The number of amides is 1. The number of carbonyl (C=O) groups is 1. The van der Waals surface area contributed by atoms with Gasteiger partial charge >= 0.3 is 0 Å². The van der Waals surface area contributed by atoms with E-state index in [1.165, 1.54) is 4.31 Å². The second kappa shape index (κ2) is 9.82. The molecule has 0 spiro atoms. The number of carbonyl (C=O) groups excluding carboxylic acids is 1. The van der Waals surface area contributed by atoms with Crippen molar-refractivity contribution >= 4 is 31.9 Å². The van der Waals surface area contributed by atoms with Gasteiger partial charge in [0.2, 0.25) is 15.9 Å². The first kappa shape index (κ1) is 21.3. The van der Waals surface area contributed by atoms with Crippen LogP contribution < -0.4 is 5.32 Å². The summed E-state index contributed by atoms with van der Waals surface area (Å²) in [6.07, 6.45) is 2.08. The Morgan fingerprint density at radius 1 is 1.31 bits per heavy atom. The average molecular weight is 446 g/mol. The summed E-state index contributed by atoms with van der Waals surface area (Å²) in [4.78, 5) is 14.3. The second-order valence-corrected chi connectivity index (χ2v) is 9.89. The van der Waals surface area contributed by atoms with E-state index in [-0.39, 0.29) is 17.6 Å². The fraction of sp³-hybridized carbons (Fsp3) is 0.611. The van der Waals surface area contributed by atoms with Gasteiger partial charge in [-0.05, 0) is 57.6 Å². The van der Waals surface area contributed by atoms with Gasteiger partial charge in [0.05, 0.1) is 5.75 Å². The van der Waals surface area contributed by atoms with Crippen molar-refractivity contribution in [3.8, 4) is 0 Å². The van der Waals surface area contributed by atoms with E-state index in [4.69, 9.17) is 0 Å². The van der Waals surface area contributed by atoms with Crippen LogP contribution in [0.2, 0.25) is 0 Å². The van der Waals surface area contributed by atoms with E-state index < -0.39 is 10.0 Å². The van der Waals surface area contributed by atoms with Crippen molar-refractivity contribution < 1.29 is 13.2 Å². The molecule has 0 radical (unpaired) electrons. The molecule has 0 unspecified atom stereocenters. The van der Waals surface area contributed by atoms with Gasteiger partial charge in [-0.2, -0.15) is 0 Å². The molecule has 1 saturated heterocycles. The minimum atomic E-state index is -3.36. The van der Waals surface area contributed by atoms with Gasteiger partial charge in [0.15, 0.2) is 0 Å². The fourth-order valence-corrected chi connectivity index (χ4v) is 5.07. The monoisotopic (exact) mass is 445 g/mol. The quantitative estimate of drug-likeness (QED) is 0.621. The lowest BCUT2D eigenvalue weighted by molar-refractivity contribution is -0.126. The van der Waals surface area contributed by atoms with E-state index >= 15 is 0 Å². The standard InChI is InChI=1S/C18H28BrN3O3S/c1-21(2)10-4-9-20-18(23)16-7-11-22(12-8-16)26(24,25)14-15-5-3-6-17(19)13-15/h3,5-6,13,16H,4,7-12,14H2,1-2H3,(H,20,23). The first-order chi connectivity index (χ1) is 12.3. The molecule has 26 heavy (non-hydrogen) atoms. The van der Waals surface area contributed by atoms with Gasteiger partial charge < -0.3 is 10.2 Å². The summed E-state index contributed by atoms with van der Waals surface area (Å²) in [6.45, 7) is 2.42. The lowest BCUT2D eigenvalue weighted by atomic mass is 9.97. The highest BCUT2D eigenvalue weighted by Gasteiger charge is 2.31. The number of hydrogen-bond donors (Lipinski definition) is 1. The zero-order chi connectivity index (χ0) is 19.2. The van der Waals surface area contributed by atoms with Crippen molar-refractivity contribution in [2.45, 2.75) is 25.0 Å². The Morgan fingerprint density at radius 3 is 2.62 bits per heavy atom. The van der Waals surface area contributed by atoms with Crippen LogP contribution in [-0.2, 0) is 20.6 Å². The molecule has 1 aromatic carbocycles. The van der Waals surface area contributed by atoms with Gasteiger partial charge in [-0.15, -0.1) is 0 Å². The van der Waals surface area contributed by atoms with Crippen LogP contribution in [0.5, 0.6) is 0 Å². The third-order valence-electron chi connectivity index (χ3n) is 4.54. The summed E-state index contributed by atoms with van der Waals surface area (Å²) in [7, 11) is 0.655. The number of halogens is 1. The van der Waals surface area contributed by atoms with Crippen LogP contribution in [-0.4, -0.2) is 63.8 Å². The maximum atomic E-state index is 12.6. The van der Waals surface area contributed by atoms with Crippen LogP contribution in [0.3, 0.4) is 0 Å². The Hall–Kier alpha value is -0.960. The minimum Gasteiger partial charge on any atom is -0.356 e. The van der Waals surface area contributed by atoms with E-state index in [1.54, 1.807) is 0 Å². The normalized spacial score (nSPS) is 16.8. The predicted octanol–water partition coefficient (Wildman–Crippen LogP) is 2.06. The SMILES string of the molecule is CN(C)CCCNC(=O)C1CCN(S(=O)(=O)Cc2cccc(Br)c2)CC1. The van der Waals surface area contributed by atoms with E-state index in [0.717, 1.165) is 23.0 Å². The summed E-state index contributed by atoms with van der Waals surface area (Å²) >= 11 is 3.37. The van der Waals surface area contributed by atoms with Gasteiger partial charge in [-0.25, -0.2) is 12.7 Å². The molecule has 8 heteroatoms. The number of benzene rings is 1. The lowest BCUT2D eigenvalue weighted by Crippen LogP contribution is -2.43. The number of nitrogens with one attached hydrogen (secondary N) is 1.